The summed E-state index contributed by atoms with van der Waals surface area (Å²) in [7, 11) is 0. The molecular weight excluding hydrogens is 439 g/mol. The van der Waals surface area contributed by atoms with E-state index in [1.807, 2.05) is 0 Å². The molecule has 7 nitrogen and oxygen atoms in total. The number of benzene rings is 2. The number of hydrogen-bond acceptors (Lipinski definition) is 8. The summed E-state index contributed by atoms with van der Waals surface area (Å²) in [6.45, 7) is 0.101. The zero-order chi connectivity index (χ0) is 20.2. The van der Waals surface area contributed by atoms with Gasteiger partial charge in [-0.2, -0.15) is 0 Å². The largest absolute Gasteiger partial charge is 0.484 e. The van der Waals surface area contributed by atoms with Gasteiger partial charge >= 0.3 is 0 Å². The van der Waals surface area contributed by atoms with E-state index in [1.165, 1.54) is 23.5 Å². The number of rotatable bonds is 7. The molecule has 4 aromatic rings. The quantitative estimate of drug-likeness (QED) is 0.405. The first kappa shape index (κ1) is 19.6. The van der Waals surface area contributed by atoms with Crippen molar-refractivity contribution in [2.75, 3.05) is 11.1 Å². The zero-order valence-corrected chi connectivity index (χ0v) is 17.0. The Bertz CT molecular complexity index is 1150. The van der Waals surface area contributed by atoms with Crippen LogP contribution in [0.5, 0.6) is 5.75 Å². The van der Waals surface area contributed by atoms with Crippen molar-refractivity contribution in [3.63, 3.8) is 0 Å². The highest BCUT2D eigenvalue weighted by molar-refractivity contribution is 7.99. The molecule has 1 N–H and O–H groups in total. The molecular formula is C18H12ClFN4O3S2. The predicted octanol–water partition coefficient (Wildman–Crippen LogP) is 4.78. The number of carbonyl (C=O) groups is 1. The van der Waals surface area contributed by atoms with Gasteiger partial charge in [0.25, 0.3) is 11.1 Å². The van der Waals surface area contributed by atoms with Crippen LogP contribution in [-0.2, 0) is 11.4 Å². The highest BCUT2D eigenvalue weighted by Crippen LogP contribution is 2.27. The molecule has 2 heterocycles. The number of thioether (sulfide) groups is 1. The molecule has 0 saturated heterocycles. The third kappa shape index (κ3) is 5.22. The van der Waals surface area contributed by atoms with Gasteiger partial charge in [0, 0.05) is 5.02 Å². The third-order valence-electron chi connectivity index (χ3n) is 3.55. The van der Waals surface area contributed by atoms with E-state index in [0.29, 0.717) is 26.1 Å². The van der Waals surface area contributed by atoms with E-state index in [0.717, 1.165) is 11.8 Å². The van der Waals surface area contributed by atoms with Crippen LogP contribution in [0, 0.1) is 5.82 Å². The number of fused-ring (bicyclic) bond motifs is 1. The van der Waals surface area contributed by atoms with Crippen molar-refractivity contribution in [3.8, 4) is 5.75 Å². The molecule has 0 aliphatic rings. The van der Waals surface area contributed by atoms with E-state index in [2.05, 4.69) is 20.5 Å². The Kier molecular flexibility index (Phi) is 5.93. The Labute approximate surface area is 177 Å². The summed E-state index contributed by atoms with van der Waals surface area (Å²) in [6, 6.07) is 11.2. The number of hydrogen-bond donors (Lipinski definition) is 1. The fourth-order valence-corrected chi connectivity index (χ4v) is 3.88. The monoisotopic (exact) mass is 450 g/mol. The molecule has 2 aromatic carbocycles. The van der Waals surface area contributed by atoms with Gasteiger partial charge in [0.05, 0.1) is 16.0 Å². The second kappa shape index (κ2) is 8.76. The number of anilines is 1. The predicted molar refractivity (Wildman–Crippen MR) is 109 cm³/mol. The van der Waals surface area contributed by atoms with Gasteiger partial charge in [0.2, 0.25) is 5.91 Å². The molecule has 0 unspecified atom stereocenters. The Hall–Kier alpha value is -2.69. The maximum atomic E-state index is 13.2. The van der Waals surface area contributed by atoms with Crippen LogP contribution < -0.4 is 10.1 Å². The number of nitrogens with one attached hydrogen (secondary N) is 1. The van der Waals surface area contributed by atoms with Crippen molar-refractivity contribution in [1.82, 2.24) is 15.2 Å². The number of thiazole rings is 1. The van der Waals surface area contributed by atoms with E-state index in [1.54, 1.807) is 30.3 Å². The smallest absolute Gasteiger partial charge is 0.277 e. The number of carbonyl (C=O) groups excluding carboxylic acids is 1. The third-order valence-corrected chi connectivity index (χ3v) is 5.55. The molecule has 29 heavy (non-hydrogen) atoms. The summed E-state index contributed by atoms with van der Waals surface area (Å²) in [5.41, 5.74) is 0.626. The van der Waals surface area contributed by atoms with E-state index >= 15 is 0 Å². The second-order valence-electron chi connectivity index (χ2n) is 5.67. The Morgan fingerprint density at radius 2 is 2.07 bits per heavy atom. The SMILES string of the molecule is O=C(CSc1nnc(COc2ccc(Cl)cc2)o1)Nc1nc2ccc(F)cc2s1. The highest BCUT2D eigenvalue weighted by Gasteiger charge is 2.12. The average molecular weight is 451 g/mol. The van der Waals surface area contributed by atoms with Crippen molar-refractivity contribution in [2.24, 2.45) is 0 Å². The Morgan fingerprint density at radius 1 is 1.24 bits per heavy atom. The Morgan fingerprint density at radius 3 is 2.90 bits per heavy atom. The first-order valence-corrected chi connectivity index (χ1v) is 10.4. The molecule has 0 saturated carbocycles. The van der Waals surface area contributed by atoms with Gasteiger partial charge < -0.3 is 14.5 Å². The lowest BCUT2D eigenvalue weighted by atomic mass is 10.3. The number of amides is 1. The van der Waals surface area contributed by atoms with E-state index in [9.17, 15) is 9.18 Å². The fraction of sp³-hybridized carbons (Fsp3) is 0.111. The topological polar surface area (TPSA) is 90.1 Å². The lowest BCUT2D eigenvalue weighted by Gasteiger charge is -2.02. The van der Waals surface area contributed by atoms with Crippen LogP contribution >= 0.6 is 34.7 Å². The van der Waals surface area contributed by atoms with Crippen LogP contribution in [0.15, 0.2) is 52.1 Å². The summed E-state index contributed by atoms with van der Waals surface area (Å²) in [4.78, 5) is 16.4. The molecule has 0 radical (unpaired) electrons. The maximum Gasteiger partial charge on any atom is 0.277 e. The van der Waals surface area contributed by atoms with Gasteiger partial charge in [-0.05, 0) is 42.5 Å². The normalized spacial score (nSPS) is 11.0. The summed E-state index contributed by atoms with van der Waals surface area (Å²) in [6.07, 6.45) is 0. The lowest BCUT2D eigenvalue weighted by molar-refractivity contribution is -0.113. The van der Waals surface area contributed by atoms with Crippen LogP contribution in [0.3, 0.4) is 0 Å². The van der Waals surface area contributed by atoms with E-state index in [-0.39, 0.29) is 35.2 Å². The van der Waals surface area contributed by atoms with Gasteiger partial charge in [-0.25, -0.2) is 9.37 Å². The minimum Gasteiger partial charge on any atom is -0.484 e. The molecule has 0 aliphatic heterocycles. The summed E-state index contributed by atoms with van der Waals surface area (Å²) in [5, 5.41) is 11.7. The standard InChI is InChI=1S/C18H12ClFN4O3S2/c19-10-1-4-12(5-2-10)26-8-16-23-24-18(27-16)28-9-15(25)22-17-21-13-6-3-11(20)7-14(13)29-17/h1-7H,8-9H2,(H,21,22,25). The maximum absolute atomic E-state index is 13.2. The summed E-state index contributed by atoms with van der Waals surface area (Å²) >= 11 is 8.12. The molecule has 0 spiro atoms. The van der Waals surface area contributed by atoms with E-state index < -0.39 is 0 Å². The number of ether oxygens (including phenoxy) is 1. The van der Waals surface area contributed by atoms with Gasteiger partial charge in [-0.1, -0.05) is 34.7 Å². The van der Waals surface area contributed by atoms with Gasteiger partial charge in [-0.3, -0.25) is 4.79 Å². The number of aromatic nitrogens is 3. The van der Waals surface area contributed by atoms with Crippen LogP contribution in [-0.4, -0.2) is 26.8 Å². The highest BCUT2D eigenvalue weighted by atomic mass is 35.5. The van der Waals surface area contributed by atoms with E-state index in [4.69, 9.17) is 20.8 Å². The molecule has 2 aromatic heterocycles. The van der Waals surface area contributed by atoms with Crippen LogP contribution in [0.25, 0.3) is 10.2 Å². The van der Waals surface area contributed by atoms with Crippen molar-refractivity contribution >= 4 is 56.0 Å². The number of nitrogens with zero attached hydrogens (tertiary/aromatic N) is 3. The molecule has 148 valence electrons. The van der Waals surface area contributed by atoms with Crippen LogP contribution in [0.4, 0.5) is 9.52 Å². The zero-order valence-electron chi connectivity index (χ0n) is 14.6. The van der Waals surface area contributed by atoms with Gasteiger partial charge in [0.1, 0.15) is 11.6 Å². The lowest BCUT2D eigenvalue weighted by Crippen LogP contribution is -2.13. The molecule has 0 aliphatic carbocycles. The summed E-state index contributed by atoms with van der Waals surface area (Å²) in [5.74, 6) is 0.339. The van der Waals surface area contributed by atoms with Gasteiger partial charge in [-0.15, -0.1) is 10.2 Å². The first-order chi connectivity index (χ1) is 14.0. The molecule has 0 atom stereocenters. The minimum atomic E-state index is -0.346. The molecule has 0 bridgehead atoms. The van der Waals surface area contributed by atoms with Gasteiger partial charge in [0.15, 0.2) is 11.7 Å². The van der Waals surface area contributed by atoms with Crippen molar-refractivity contribution in [2.45, 2.75) is 11.8 Å². The van der Waals surface area contributed by atoms with Crippen molar-refractivity contribution < 1.29 is 18.3 Å². The summed E-state index contributed by atoms with van der Waals surface area (Å²) < 4.78 is 24.9. The van der Waals surface area contributed by atoms with Crippen molar-refractivity contribution in [1.29, 1.82) is 0 Å². The second-order valence-corrected chi connectivity index (χ2v) is 8.07. The first-order valence-electron chi connectivity index (χ1n) is 8.25. The minimum absolute atomic E-state index is 0.0595. The molecule has 11 heteroatoms. The van der Waals surface area contributed by atoms with Crippen molar-refractivity contribution in [3.05, 3.63) is 59.2 Å². The molecule has 1 amide bonds. The van der Waals surface area contributed by atoms with Crippen LogP contribution in [0.2, 0.25) is 5.02 Å². The molecule has 4 rings (SSSR count). The molecule has 0 fully saturated rings. The Balaban J connectivity index is 1.27. The number of halogens is 2. The fourth-order valence-electron chi connectivity index (χ4n) is 2.27. The van der Waals surface area contributed by atoms with Crippen LogP contribution in [0.1, 0.15) is 5.89 Å². The average Bonchev–Trinajstić information content (AvgIpc) is 3.32.